The number of carbonyl (C=O) groups excluding carboxylic acids is 1. The number of anilines is 2. The number of carbonyl (C=O) groups is 1. The molecule has 0 radical (unpaired) electrons. The molecular formula is C26H27BrN4O3S. The quantitative estimate of drug-likeness (QED) is 0.363. The van der Waals surface area contributed by atoms with Gasteiger partial charge in [0.1, 0.15) is 5.82 Å². The molecule has 2 aromatic carbocycles. The molecule has 1 aromatic heterocycles. The second kappa shape index (κ2) is 10.1. The lowest BCUT2D eigenvalue weighted by atomic mass is 9.89. The summed E-state index contributed by atoms with van der Waals surface area (Å²) in [5, 5.41) is -0.240. The molecule has 2 amide bonds. The molecular weight excluding hydrogens is 528 g/mol. The number of benzene rings is 2. The van der Waals surface area contributed by atoms with E-state index in [0.29, 0.717) is 23.8 Å². The van der Waals surface area contributed by atoms with E-state index < -0.39 is 9.84 Å². The minimum atomic E-state index is -3.77. The number of para-hydroxylation sites is 1. The molecule has 9 heteroatoms. The van der Waals surface area contributed by atoms with E-state index in [9.17, 15) is 13.2 Å². The van der Waals surface area contributed by atoms with E-state index in [4.69, 9.17) is 0 Å². The van der Waals surface area contributed by atoms with Crippen molar-refractivity contribution in [2.75, 3.05) is 16.3 Å². The van der Waals surface area contributed by atoms with E-state index in [-0.39, 0.29) is 23.5 Å². The fraction of sp³-hybridized carbons (Fsp3) is 0.346. The molecule has 0 atom stereocenters. The molecule has 0 saturated heterocycles. The molecule has 3 aromatic rings. The van der Waals surface area contributed by atoms with Crippen molar-refractivity contribution in [3.8, 4) is 0 Å². The number of hydrogen-bond donors (Lipinski definition) is 0. The molecule has 182 valence electrons. The molecule has 0 bridgehead atoms. The lowest BCUT2D eigenvalue weighted by Crippen LogP contribution is -2.50. The molecule has 0 N–H and O–H groups in total. The van der Waals surface area contributed by atoms with E-state index in [0.717, 1.165) is 41.4 Å². The third-order valence-corrected chi connectivity index (χ3v) is 8.79. The standard InChI is InChI=1S/C26H27BrN4O3S/c27-22-13-7-8-14-23(22)30-17-21-15-28-25(35(33,34)18-20-11-5-2-6-12-20)29-24(21)31(26(30)32)16-19-9-3-1-4-10-19/h2,5-8,11-15,19H,1,3-4,9-10,16-18H2. The summed E-state index contributed by atoms with van der Waals surface area (Å²) in [6, 6.07) is 16.4. The Morgan fingerprint density at radius 1 is 0.971 bits per heavy atom. The number of sulfone groups is 1. The van der Waals surface area contributed by atoms with Gasteiger partial charge in [-0.05, 0) is 52.4 Å². The normalized spacial score (nSPS) is 16.9. The van der Waals surface area contributed by atoms with Crippen LogP contribution in [0.2, 0.25) is 0 Å². The fourth-order valence-electron chi connectivity index (χ4n) is 4.86. The Morgan fingerprint density at radius 3 is 2.43 bits per heavy atom. The van der Waals surface area contributed by atoms with Gasteiger partial charge in [-0.1, -0.05) is 61.7 Å². The lowest BCUT2D eigenvalue weighted by Gasteiger charge is -2.38. The third kappa shape index (κ3) is 5.11. The van der Waals surface area contributed by atoms with Gasteiger partial charge in [0.05, 0.1) is 18.0 Å². The van der Waals surface area contributed by atoms with Crippen LogP contribution in [0, 0.1) is 5.92 Å². The number of amides is 2. The first-order valence-electron chi connectivity index (χ1n) is 11.9. The van der Waals surface area contributed by atoms with Gasteiger partial charge < -0.3 is 0 Å². The van der Waals surface area contributed by atoms with Gasteiger partial charge in [0, 0.05) is 22.8 Å². The van der Waals surface area contributed by atoms with Gasteiger partial charge in [0.15, 0.2) is 0 Å². The first-order valence-corrected chi connectivity index (χ1v) is 14.3. The number of rotatable bonds is 6. The van der Waals surface area contributed by atoms with Crippen LogP contribution in [0.15, 0.2) is 70.4 Å². The average molecular weight is 555 g/mol. The number of nitrogens with zero attached hydrogens (tertiary/aromatic N) is 4. The summed E-state index contributed by atoms with van der Waals surface area (Å²) in [5.74, 6) is 0.580. The minimum Gasteiger partial charge on any atom is -0.288 e. The maximum absolute atomic E-state index is 13.8. The SMILES string of the molecule is O=C1N(c2ccccc2Br)Cc2cnc(S(=O)(=O)Cc3ccccc3)nc2N1CC1CCCCC1. The van der Waals surface area contributed by atoms with Crippen LogP contribution in [0.25, 0.3) is 0 Å². The van der Waals surface area contributed by atoms with Crippen molar-refractivity contribution in [2.24, 2.45) is 5.92 Å². The van der Waals surface area contributed by atoms with Crippen molar-refractivity contribution in [1.29, 1.82) is 0 Å². The van der Waals surface area contributed by atoms with Crippen molar-refractivity contribution < 1.29 is 13.2 Å². The van der Waals surface area contributed by atoms with E-state index in [1.807, 2.05) is 30.3 Å². The van der Waals surface area contributed by atoms with E-state index in [1.165, 1.54) is 6.42 Å². The first kappa shape index (κ1) is 23.9. The second-order valence-corrected chi connectivity index (χ2v) is 11.9. The van der Waals surface area contributed by atoms with Crippen LogP contribution in [0.5, 0.6) is 0 Å². The van der Waals surface area contributed by atoms with Crippen LogP contribution in [-0.2, 0) is 22.1 Å². The summed E-state index contributed by atoms with van der Waals surface area (Å²) in [4.78, 5) is 25.9. The van der Waals surface area contributed by atoms with Gasteiger partial charge in [-0.2, -0.15) is 0 Å². The maximum atomic E-state index is 13.8. The highest BCUT2D eigenvalue weighted by molar-refractivity contribution is 9.10. The Kier molecular flexibility index (Phi) is 6.88. The molecule has 1 aliphatic heterocycles. The molecule has 0 spiro atoms. The first-order chi connectivity index (χ1) is 16.9. The van der Waals surface area contributed by atoms with Gasteiger partial charge in [-0.15, -0.1) is 0 Å². The highest BCUT2D eigenvalue weighted by atomic mass is 79.9. The van der Waals surface area contributed by atoms with Gasteiger partial charge in [-0.3, -0.25) is 9.80 Å². The van der Waals surface area contributed by atoms with Gasteiger partial charge in [-0.25, -0.2) is 23.2 Å². The molecule has 1 fully saturated rings. The largest absolute Gasteiger partial charge is 0.330 e. The summed E-state index contributed by atoms with van der Waals surface area (Å²) in [7, 11) is -3.77. The van der Waals surface area contributed by atoms with Crippen molar-refractivity contribution >= 4 is 43.3 Å². The molecule has 1 aliphatic carbocycles. The predicted molar refractivity (Wildman–Crippen MR) is 139 cm³/mol. The molecule has 2 heterocycles. The second-order valence-electron chi connectivity index (χ2n) is 9.18. The summed E-state index contributed by atoms with van der Waals surface area (Å²) in [6.07, 6.45) is 7.18. The Morgan fingerprint density at radius 2 is 1.69 bits per heavy atom. The van der Waals surface area contributed by atoms with Gasteiger partial charge in [0.2, 0.25) is 15.0 Å². The topological polar surface area (TPSA) is 83.5 Å². The van der Waals surface area contributed by atoms with Crippen molar-refractivity contribution in [3.05, 3.63) is 76.4 Å². The zero-order valence-electron chi connectivity index (χ0n) is 19.3. The van der Waals surface area contributed by atoms with Crippen LogP contribution in [0.3, 0.4) is 0 Å². The molecule has 2 aliphatic rings. The summed E-state index contributed by atoms with van der Waals surface area (Å²) >= 11 is 3.56. The molecule has 5 rings (SSSR count). The molecule has 35 heavy (non-hydrogen) atoms. The Balaban J connectivity index is 1.53. The number of fused-ring (bicyclic) bond motifs is 1. The van der Waals surface area contributed by atoms with Crippen LogP contribution in [0.4, 0.5) is 16.3 Å². The van der Waals surface area contributed by atoms with Crippen LogP contribution < -0.4 is 9.80 Å². The summed E-state index contributed by atoms with van der Waals surface area (Å²) < 4.78 is 27.1. The van der Waals surface area contributed by atoms with Crippen LogP contribution in [0.1, 0.15) is 43.2 Å². The molecule has 0 unspecified atom stereocenters. The maximum Gasteiger partial charge on any atom is 0.330 e. The lowest BCUT2D eigenvalue weighted by molar-refractivity contribution is 0.246. The monoisotopic (exact) mass is 554 g/mol. The van der Waals surface area contributed by atoms with E-state index >= 15 is 0 Å². The number of urea groups is 1. The zero-order valence-corrected chi connectivity index (χ0v) is 21.7. The summed E-state index contributed by atoms with van der Waals surface area (Å²) in [6.45, 7) is 0.791. The number of aromatic nitrogens is 2. The van der Waals surface area contributed by atoms with Crippen molar-refractivity contribution in [3.63, 3.8) is 0 Å². The number of hydrogen-bond acceptors (Lipinski definition) is 5. The van der Waals surface area contributed by atoms with Crippen molar-refractivity contribution in [1.82, 2.24) is 9.97 Å². The molecule has 7 nitrogen and oxygen atoms in total. The predicted octanol–water partition coefficient (Wildman–Crippen LogP) is 5.74. The van der Waals surface area contributed by atoms with Crippen molar-refractivity contribution in [2.45, 2.75) is 49.6 Å². The van der Waals surface area contributed by atoms with Crippen LogP contribution in [-0.4, -0.2) is 31.0 Å². The summed E-state index contributed by atoms with van der Waals surface area (Å²) in [5.41, 5.74) is 2.16. The molecule has 1 saturated carbocycles. The minimum absolute atomic E-state index is 0.188. The highest BCUT2D eigenvalue weighted by Crippen LogP contribution is 2.36. The van der Waals surface area contributed by atoms with E-state index in [2.05, 4.69) is 25.9 Å². The Labute approximate surface area is 214 Å². The third-order valence-electron chi connectivity index (χ3n) is 6.65. The Hall–Kier alpha value is -2.78. The zero-order chi connectivity index (χ0) is 24.4. The van der Waals surface area contributed by atoms with Crippen LogP contribution >= 0.6 is 15.9 Å². The average Bonchev–Trinajstić information content (AvgIpc) is 2.87. The smallest absolute Gasteiger partial charge is 0.288 e. The van der Waals surface area contributed by atoms with Gasteiger partial charge in [0.25, 0.3) is 0 Å². The van der Waals surface area contributed by atoms with Gasteiger partial charge >= 0.3 is 6.03 Å². The Bertz CT molecular complexity index is 1330. The van der Waals surface area contributed by atoms with E-state index in [1.54, 1.807) is 40.3 Å². The number of halogens is 1. The fourth-order valence-corrected chi connectivity index (χ4v) is 6.56. The highest BCUT2D eigenvalue weighted by Gasteiger charge is 2.36.